The summed E-state index contributed by atoms with van der Waals surface area (Å²) in [5.41, 5.74) is 0. The third-order valence-electron chi connectivity index (χ3n) is 2.67. The second-order valence-corrected chi connectivity index (χ2v) is 4.16. The normalized spacial score (nSPS) is 24.7. The van der Waals surface area contributed by atoms with Crippen LogP contribution >= 0.6 is 0 Å². The van der Waals surface area contributed by atoms with E-state index in [9.17, 15) is 14.7 Å². The van der Waals surface area contributed by atoms with Gasteiger partial charge in [-0.2, -0.15) is 0 Å². The number of hydrogen-bond donors (Lipinski definition) is 6. The molecule has 0 spiro atoms. The summed E-state index contributed by atoms with van der Waals surface area (Å²) in [6.45, 7) is 1.33. The van der Waals surface area contributed by atoms with Gasteiger partial charge in [0.15, 0.2) is 5.78 Å². The standard InChI is InChI=1S/C7H12O5.C4H8O2.CH4O.CH4/c8-2-5(10)3-1-4(9)7(12)6(3)11;1-2-3-4(5)6;1-2;/h3,5-8,10-12H,1-2H2;2-3H2,1H3,(H,5,6);2H,1H3;1H4/t3?,5-,6?,7?;;;/m0.../s1. The van der Waals surface area contributed by atoms with Gasteiger partial charge in [-0.25, -0.2) is 0 Å². The molecule has 1 rings (SSSR count). The Morgan fingerprint density at radius 3 is 2.00 bits per heavy atom. The Morgan fingerprint density at radius 1 is 1.33 bits per heavy atom. The molecule has 0 aliphatic heterocycles. The highest BCUT2D eigenvalue weighted by Crippen LogP contribution is 2.26. The van der Waals surface area contributed by atoms with E-state index in [2.05, 4.69) is 0 Å². The number of carbonyl (C=O) groups is 2. The van der Waals surface area contributed by atoms with Crippen molar-refractivity contribution >= 4 is 11.8 Å². The number of aliphatic hydroxyl groups excluding tert-OH is 5. The molecule has 0 aromatic rings. The fourth-order valence-corrected chi connectivity index (χ4v) is 1.61. The number of ketones is 1. The van der Waals surface area contributed by atoms with Crippen LogP contribution in [0.1, 0.15) is 33.6 Å². The Bertz CT molecular complexity index is 281. The molecule has 1 aliphatic carbocycles. The first kappa shape index (κ1) is 24.9. The number of rotatable bonds is 4. The molecule has 6 N–H and O–H groups in total. The van der Waals surface area contributed by atoms with Gasteiger partial charge in [0, 0.05) is 25.9 Å². The lowest BCUT2D eigenvalue weighted by Gasteiger charge is -2.19. The highest BCUT2D eigenvalue weighted by molar-refractivity contribution is 5.86. The zero-order valence-electron chi connectivity index (χ0n) is 11.6. The lowest BCUT2D eigenvalue weighted by Crippen LogP contribution is -2.35. The quantitative estimate of drug-likeness (QED) is 0.377. The molecule has 0 radical (unpaired) electrons. The predicted molar refractivity (Wildman–Crippen MR) is 75.6 cm³/mol. The topological polar surface area (TPSA) is 156 Å². The van der Waals surface area contributed by atoms with E-state index < -0.39 is 42.6 Å². The summed E-state index contributed by atoms with van der Waals surface area (Å²) in [6, 6.07) is 0. The second kappa shape index (κ2) is 13.9. The van der Waals surface area contributed by atoms with Crippen LogP contribution in [0.15, 0.2) is 0 Å². The summed E-state index contributed by atoms with van der Waals surface area (Å²) in [7, 11) is 1.00. The van der Waals surface area contributed by atoms with Crippen molar-refractivity contribution in [2.75, 3.05) is 13.7 Å². The van der Waals surface area contributed by atoms with Crippen LogP contribution in [0.3, 0.4) is 0 Å². The summed E-state index contributed by atoms with van der Waals surface area (Å²) in [5, 5.41) is 50.7. The lowest BCUT2D eigenvalue weighted by molar-refractivity contribution is -0.137. The minimum Gasteiger partial charge on any atom is -0.481 e. The molecule has 0 aromatic carbocycles. The zero-order chi connectivity index (χ0) is 16.3. The van der Waals surface area contributed by atoms with Gasteiger partial charge in [0.05, 0.1) is 18.8 Å². The first-order valence-corrected chi connectivity index (χ1v) is 6.19. The van der Waals surface area contributed by atoms with Crippen LogP contribution in [0.4, 0.5) is 0 Å². The van der Waals surface area contributed by atoms with E-state index >= 15 is 0 Å². The van der Waals surface area contributed by atoms with E-state index in [-0.39, 0.29) is 13.8 Å². The average Bonchev–Trinajstić information content (AvgIpc) is 2.68. The van der Waals surface area contributed by atoms with E-state index in [0.29, 0.717) is 6.42 Å². The molecule has 0 heterocycles. The molecule has 1 aliphatic rings. The smallest absolute Gasteiger partial charge is 0.303 e. The third kappa shape index (κ3) is 9.48. The van der Waals surface area contributed by atoms with E-state index in [1.165, 1.54) is 0 Å². The molecular formula is C13H28O8. The Morgan fingerprint density at radius 2 is 1.81 bits per heavy atom. The summed E-state index contributed by atoms with van der Waals surface area (Å²) in [6.07, 6.45) is -2.85. The van der Waals surface area contributed by atoms with Gasteiger partial charge in [0.2, 0.25) is 0 Å². The minimum atomic E-state index is -1.41. The maximum atomic E-state index is 10.8. The van der Waals surface area contributed by atoms with Crippen molar-refractivity contribution in [2.45, 2.75) is 51.9 Å². The van der Waals surface area contributed by atoms with Crippen molar-refractivity contribution in [1.82, 2.24) is 0 Å². The number of carboxylic acid groups (broad SMARTS) is 1. The molecule has 8 heteroatoms. The Hall–Kier alpha value is -1.06. The molecule has 128 valence electrons. The van der Waals surface area contributed by atoms with Gasteiger partial charge in [-0.3, -0.25) is 9.59 Å². The highest BCUT2D eigenvalue weighted by Gasteiger charge is 2.43. The molecule has 0 aromatic heterocycles. The van der Waals surface area contributed by atoms with Crippen LogP contribution in [-0.4, -0.2) is 74.4 Å². The van der Waals surface area contributed by atoms with Crippen molar-refractivity contribution in [3.8, 4) is 0 Å². The SMILES string of the molecule is C.CCCC(=O)O.CO.O=C1CC([C@@H](O)CO)C(O)C1O. The molecule has 0 amide bonds. The number of Topliss-reactive ketones (excluding diaryl/α,β-unsaturated/α-hetero) is 1. The third-order valence-corrected chi connectivity index (χ3v) is 2.67. The maximum absolute atomic E-state index is 10.8. The largest absolute Gasteiger partial charge is 0.481 e. The van der Waals surface area contributed by atoms with E-state index in [1.807, 2.05) is 6.92 Å². The van der Waals surface area contributed by atoms with Crippen LogP contribution in [-0.2, 0) is 9.59 Å². The predicted octanol–water partition coefficient (Wildman–Crippen LogP) is -1.23. The van der Waals surface area contributed by atoms with Gasteiger partial charge in [-0.05, 0) is 6.42 Å². The maximum Gasteiger partial charge on any atom is 0.303 e. The first-order valence-electron chi connectivity index (χ1n) is 6.19. The lowest BCUT2D eigenvalue weighted by atomic mass is 9.99. The Balaban J connectivity index is -0.000000309. The molecule has 0 saturated heterocycles. The average molecular weight is 312 g/mol. The number of carboxylic acids is 1. The first-order chi connectivity index (χ1) is 9.34. The van der Waals surface area contributed by atoms with E-state index in [1.54, 1.807) is 0 Å². The summed E-state index contributed by atoms with van der Waals surface area (Å²) in [4.78, 5) is 20.4. The molecule has 3 unspecified atom stereocenters. The van der Waals surface area contributed by atoms with Gasteiger partial charge >= 0.3 is 5.97 Å². The Labute approximate surface area is 124 Å². The second-order valence-electron chi connectivity index (χ2n) is 4.16. The molecule has 1 saturated carbocycles. The van der Waals surface area contributed by atoms with Crippen LogP contribution in [0.5, 0.6) is 0 Å². The van der Waals surface area contributed by atoms with Crippen LogP contribution in [0.2, 0.25) is 0 Å². The van der Waals surface area contributed by atoms with Crippen molar-refractivity contribution in [3.05, 3.63) is 0 Å². The molecule has 8 nitrogen and oxygen atoms in total. The molecule has 0 bridgehead atoms. The van der Waals surface area contributed by atoms with Gasteiger partial charge < -0.3 is 30.6 Å². The molecular weight excluding hydrogens is 284 g/mol. The number of carbonyl (C=O) groups excluding carboxylic acids is 1. The van der Waals surface area contributed by atoms with Crippen molar-refractivity contribution in [1.29, 1.82) is 0 Å². The number of aliphatic hydroxyl groups is 5. The zero-order valence-corrected chi connectivity index (χ0v) is 11.6. The molecule has 21 heavy (non-hydrogen) atoms. The van der Waals surface area contributed by atoms with Gasteiger partial charge in [-0.1, -0.05) is 14.4 Å². The number of aliphatic carboxylic acids is 1. The van der Waals surface area contributed by atoms with E-state index in [4.69, 9.17) is 25.5 Å². The van der Waals surface area contributed by atoms with Crippen LogP contribution in [0.25, 0.3) is 0 Å². The minimum absolute atomic E-state index is 0. The molecule has 4 atom stereocenters. The highest BCUT2D eigenvalue weighted by atomic mass is 16.4. The fraction of sp³-hybridized carbons (Fsp3) is 0.846. The Kier molecular flexibility index (Phi) is 16.5. The van der Waals surface area contributed by atoms with Gasteiger partial charge in [-0.15, -0.1) is 0 Å². The van der Waals surface area contributed by atoms with Crippen molar-refractivity contribution < 1.29 is 40.2 Å². The number of hydrogen-bond acceptors (Lipinski definition) is 7. The van der Waals surface area contributed by atoms with Gasteiger partial charge in [0.1, 0.15) is 6.10 Å². The molecule has 1 fully saturated rings. The monoisotopic (exact) mass is 312 g/mol. The van der Waals surface area contributed by atoms with Gasteiger partial charge in [0.25, 0.3) is 0 Å². The van der Waals surface area contributed by atoms with Crippen molar-refractivity contribution in [3.63, 3.8) is 0 Å². The van der Waals surface area contributed by atoms with Crippen molar-refractivity contribution in [2.24, 2.45) is 5.92 Å². The summed E-state index contributed by atoms with van der Waals surface area (Å²) in [5.74, 6) is -1.94. The fourth-order valence-electron chi connectivity index (χ4n) is 1.61. The van der Waals surface area contributed by atoms with Crippen LogP contribution in [0, 0.1) is 5.92 Å². The summed E-state index contributed by atoms with van der Waals surface area (Å²) < 4.78 is 0. The summed E-state index contributed by atoms with van der Waals surface area (Å²) >= 11 is 0. The van der Waals surface area contributed by atoms with E-state index in [0.717, 1.165) is 13.5 Å². The van der Waals surface area contributed by atoms with Crippen LogP contribution < -0.4 is 0 Å².